The highest BCUT2D eigenvalue weighted by atomic mass is 32.2. The van der Waals surface area contributed by atoms with Gasteiger partial charge in [-0.3, -0.25) is 0 Å². The van der Waals surface area contributed by atoms with Crippen LogP contribution in [0.15, 0.2) is 16.3 Å². The van der Waals surface area contributed by atoms with Crippen LogP contribution < -0.4 is 10.5 Å². The van der Waals surface area contributed by atoms with Crippen LogP contribution in [0.4, 0.5) is 0 Å². The van der Waals surface area contributed by atoms with Crippen LogP contribution in [0.2, 0.25) is 0 Å². The zero-order valence-electron chi connectivity index (χ0n) is 10.8. The van der Waals surface area contributed by atoms with Crippen molar-refractivity contribution in [2.75, 3.05) is 6.54 Å². The highest BCUT2D eigenvalue weighted by Crippen LogP contribution is 2.51. The molecule has 0 bridgehead atoms. The topological polar surface area (TPSA) is 72.2 Å². The molecule has 2 rings (SSSR count). The van der Waals surface area contributed by atoms with E-state index >= 15 is 0 Å². The van der Waals surface area contributed by atoms with Crippen molar-refractivity contribution in [3.63, 3.8) is 0 Å². The molecule has 0 saturated heterocycles. The highest BCUT2D eigenvalue weighted by molar-refractivity contribution is 7.89. The first kappa shape index (κ1) is 14.0. The van der Waals surface area contributed by atoms with E-state index in [0.717, 1.165) is 17.7 Å². The predicted octanol–water partition coefficient (Wildman–Crippen LogP) is 1.92. The van der Waals surface area contributed by atoms with Gasteiger partial charge in [-0.25, -0.2) is 13.1 Å². The summed E-state index contributed by atoms with van der Waals surface area (Å²) < 4.78 is 27.2. The number of nitrogens with two attached hydrogens (primary N) is 1. The molecular formula is C12H20N2O2S2. The van der Waals surface area contributed by atoms with E-state index in [-0.39, 0.29) is 12.0 Å². The molecule has 0 atom stereocenters. The van der Waals surface area contributed by atoms with Gasteiger partial charge in [0.05, 0.1) is 4.90 Å². The molecule has 3 N–H and O–H groups in total. The third-order valence-electron chi connectivity index (χ3n) is 3.91. The minimum absolute atomic E-state index is 0.173. The molecule has 1 aromatic rings. The highest BCUT2D eigenvalue weighted by Gasteiger charge is 2.45. The second-order valence-corrected chi connectivity index (χ2v) is 7.99. The second kappa shape index (κ2) is 4.92. The Morgan fingerprint density at radius 1 is 1.50 bits per heavy atom. The van der Waals surface area contributed by atoms with E-state index < -0.39 is 10.0 Å². The van der Waals surface area contributed by atoms with E-state index in [2.05, 4.69) is 18.6 Å². The fourth-order valence-electron chi connectivity index (χ4n) is 2.15. The lowest BCUT2D eigenvalue weighted by Crippen LogP contribution is -2.33. The lowest BCUT2D eigenvalue weighted by molar-refractivity contribution is 0.357. The number of thiophene rings is 1. The van der Waals surface area contributed by atoms with Gasteiger partial charge in [0, 0.05) is 18.0 Å². The average Bonchev–Trinajstić information content (AvgIpc) is 2.96. The van der Waals surface area contributed by atoms with Crippen molar-refractivity contribution < 1.29 is 8.42 Å². The van der Waals surface area contributed by atoms with Crippen LogP contribution in [0.25, 0.3) is 0 Å². The molecule has 1 fully saturated rings. The zero-order valence-corrected chi connectivity index (χ0v) is 12.4. The largest absolute Gasteiger partial charge is 0.326 e. The molecule has 0 aliphatic heterocycles. The summed E-state index contributed by atoms with van der Waals surface area (Å²) in [6, 6.07) is 1.63. The summed E-state index contributed by atoms with van der Waals surface area (Å²) in [5.41, 5.74) is 5.73. The minimum atomic E-state index is -3.41. The minimum Gasteiger partial charge on any atom is -0.326 e. The number of sulfonamides is 1. The summed E-state index contributed by atoms with van der Waals surface area (Å²) in [7, 11) is -3.41. The Labute approximate surface area is 113 Å². The Bertz CT molecular complexity index is 516. The molecule has 1 aliphatic carbocycles. The van der Waals surface area contributed by atoms with Crippen molar-refractivity contribution in [1.29, 1.82) is 0 Å². The Kier molecular flexibility index (Phi) is 3.82. The van der Waals surface area contributed by atoms with Crippen LogP contribution in [0, 0.1) is 11.3 Å². The van der Waals surface area contributed by atoms with Crippen molar-refractivity contribution in [3.05, 3.63) is 16.3 Å². The Morgan fingerprint density at radius 2 is 2.17 bits per heavy atom. The van der Waals surface area contributed by atoms with Crippen molar-refractivity contribution in [2.24, 2.45) is 17.1 Å². The summed E-state index contributed by atoms with van der Waals surface area (Å²) in [6.45, 7) is 5.10. The second-order valence-electron chi connectivity index (χ2n) is 5.25. The summed E-state index contributed by atoms with van der Waals surface area (Å²) in [4.78, 5) is 1.06. The monoisotopic (exact) mass is 288 g/mol. The molecule has 1 saturated carbocycles. The van der Waals surface area contributed by atoms with Gasteiger partial charge >= 0.3 is 0 Å². The average molecular weight is 288 g/mol. The summed E-state index contributed by atoms with van der Waals surface area (Å²) in [6.07, 6.45) is 2.22. The summed E-state index contributed by atoms with van der Waals surface area (Å²) in [5.74, 6) is 0.511. The van der Waals surface area contributed by atoms with Gasteiger partial charge in [0.2, 0.25) is 10.0 Å². The molecule has 102 valence electrons. The molecule has 0 radical (unpaired) electrons. The maximum Gasteiger partial charge on any atom is 0.241 e. The third kappa shape index (κ3) is 2.61. The summed E-state index contributed by atoms with van der Waals surface area (Å²) in [5, 5.41) is 1.77. The molecule has 18 heavy (non-hydrogen) atoms. The standard InChI is InChI=1S/C12H20N2O2S2/c1-9(2)12(4-5-12)8-14-18(15,16)11-3-6-17-10(11)7-13/h3,6,9,14H,4-5,7-8,13H2,1-2H3. The number of hydrogen-bond donors (Lipinski definition) is 2. The van der Waals surface area contributed by atoms with E-state index in [1.807, 2.05) is 0 Å². The Hall–Kier alpha value is -0.430. The fourth-order valence-corrected chi connectivity index (χ4v) is 4.62. The molecule has 1 aromatic heterocycles. The quantitative estimate of drug-likeness (QED) is 0.840. The van der Waals surface area contributed by atoms with E-state index in [1.165, 1.54) is 11.3 Å². The molecule has 1 aliphatic rings. The first-order valence-electron chi connectivity index (χ1n) is 6.17. The normalized spacial score (nSPS) is 18.2. The molecule has 6 heteroatoms. The zero-order chi connectivity index (χ0) is 13.4. The van der Waals surface area contributed by atoms with Crippen LogP contribution in [0.3, 0.4) is 0 Å². The van der Waals surface area contributed by atoms with Gasteiger partial charge < -0.3 is 5.73 Å². The van der Waals surface area contributed by atoms with E-state index in [9.17, 15) is 8.42 Å². The van der Waals surface area contributed by atoms with Crippen LogP contribution in [-0.2, 0) is 16.6 Å². The molecule has 1 heterocycles. The van der Waals surface area contributed by atoms with Gasteiger partial charge in [-0.15, -0.1) is 11.3 Å². The van der Waals surface area contributed by atoms with E-state index in [4.69, 9.17) is 5.73 Å². The lowest BCUT2D eigenvalue weighted by atomic mass is 9.93. The maximum absolute atomic E-state index is 12.2. The molecule has 0 amide bonds. The van der Waals surface area contributed by atoms with Gasteiger partial charge in [0.1, 0.15) is 0 Å². The van der Waals surface area contributed by atoms with Gasteiger partial charge in [-0.1, -0.05) is 13.8 Å². The smallest absolute Gasteiger partial charge is 0.241 e. The van der Waals surface area contributed by atoms with Crippen LogP contribution >= 0.6 is 11.3 Å². The van der Waals surface area contributed by atoms with Crippen LogP contribution in [0.5, 0.6) is 0 Å². The van der Waals surface area contributed by atoms with Crippen LogP contribution in [-0.4, -0.2) is 15.0 Å². The molecular weight excluding hydrogens is 268 g/mol. The van der Waals surface area contributed by atoms with Gasteiger partial charge in [-0.05, 0) is 35.6 Å². The van der Waals surface area contributed by atoms with Crippen molar-refractivity contribution in [3.8, 4) is 0 Å². The molecule has 4 nitrogen and oxygen atoms in total. The Balaban J connectivity index is 2.09. The first-order chi connectivity index (χ1) is 8.41. The first-order valence-corrected chi connectivity index (χ1v) is 8.54. The number of nitrogens with one attached hydrogen (secondary N) is 1. The van der Waals surface area contributed by atoms with Gasteiger partial charge in [-0.2, -0.15) is 0 Å². The van der Waals surface area contributed by atoms with Crippen LogP contribution in [0.1, 0.15) is 31.6 Å². The number of hydrogen-bond acceptors (Lipinski definition) is 4. The molecule has 0 aromatic carbocycles. The Morgan fingerprint density at radius 3 is 2.67 bits per heavy atom. The maximum atomic E-state index is 12.2. The predicted molar refractivity (Wildman–Crippen MR) is 73.9 cm³/mol. The van der Waals surface area contributed by atoms with Crippen molar-refractivity contribution in [1.82, 2.24) is 4.72 Å². The van der Waals surface area contributed by atoms with E-state index in [0.29, 0.717) is 17.4 Å². The van der Waals surface area contributed by atoms with Gasteiger partial charge in [0.15, 0.2) is 0 Å². The molecule has 0 unspecified atom stereocenters. The molecule has 0 spiro atoms. The third-order valence-corrected chi connectivity index (χ3v) is 6.47. The fraction of sp³-hybridized carbons (Fsp3) is 0.667. The van der Waals surface area contributed by atoms with Crippen molar-refractivity contribution >= 4 is 21.4 Å². The lowest BCUT2D eigenvalue weighted by Gasteiger charge is -2.20. The van der Waals surface area contributed by atoms with Gasteiger partial charge in [0.25, 0.3) is 0 Å². The summed E-state index contributed by atoms with van der Waals surface area (Å²) >= 11 is 1.39. The number of rotatable bonds is 6. The van der Waals surface area contributed by atoms with Crippen molar-refractivity contribution in [2.45, 2.75) is 38.1 Å². The van der Waals surface area contributed by atoms with E-state index in [1.54, 1.807) is 11.4 Å². The SMILES string of the molecule is CC(C)C1(CNS(=O)(=O)c2ccsc2CN)CC1.